The van der Waals surface area contributed by atoms with Gasteiger partial charge < -0.3 is 10.1 Å². The Labute approximate surface area is 170 Å². The zero-order chi connectivity index (χ0) is 19.6. The van der Waals surface area contributed by atoms with Crippen molar-refractivity contribution in [1.82, 2.24) is 10.3 Å². The standard InChI is InChI=1S/C23H24N2O2S/c1-18-7-9-20(10-8-18)16-28-17-22(26)25-14-21-11-12-24-23(13-21)27-15-19-5-3-2-4-6-19/h2-13H,14-17H2,1H3,(H,25,26). The average molecular weight is 393 g/mol. The molecule has 28 heavy (non-hydrogen) atoms. The molecule has 144 valence electrons. The number of aryl methyl sites for hydroxylation is 1. The van der Waals surface area contributed by atoms with Crippen LogP contribution in [0.5, 0.6) is 5.88 Å². The van der Waals surface area contributed by atoms with E-state index in [1.807, 2.05) is 42.5 Å². The Hall–Kier alpha value is -2.79. The summed E-state index contributed by atoms with van der Waals surface area (Å²) >= 11 is 1.62. The van der Waals surface area contributed by atoms with Crippen LogP contribution in [0.15, 0.2) is 72.9 Å². The number of hydrogen-bond acceptors (Lipinski definition) is 4. The van der Waals surface area contributed by atoms with Crippen LogP contribution in [-0.2, 0) is 23.7 Å². The summed E-state index contributed by atoms with van der Waals surface area (Å²) < 4.78 is 5.73. The van der Waals surface area contributed by atoms with Crippen LogP contribution in [0.2, 0.25) is 0 Å². The van der Waals surface area contributed by atoms with E-state index in [4.69, 9.17) is 4.74 Å². The van der Waals surface area contributed by atoms with Crippen molar-refractivity contribution in [2.24, 2.45) is 0 Å². The lowest BCUT2D eigenvalue weighted by atomic mass is 10.2. The molecule has 4 nitrogen and oxygen atoms in total. The Morgan fingerprint density at radius 1 is 1.00 bits per heavy atom. The molecule has 3 aromatic rings. The lowest BCUT2D eigenvalue weighted by molar-refractivity contribution is -0.118. The lowest BCUT2D eigenvalue weighted by Crippen LogP contribution is -2.24. The highest BCUT2D eigenvalue weighted by Gasteiger charge is 2.04. The molecule has 0 aliphatic carbocycles. The van der Waals surface area contributed by atoms with E-state index < -0.39 is 0 Å². The van der Waals surface area contributed by atoms with Crippen LogP contribution in [0.3, 0.4) is 0 Å². The van der Waals surface area contributed by atoms with Crippen molar-refractivity contribution in [3.8, 4) is 5.88 Å². The fourth-order valence-electron chi connectivity index (χ4n) is 2.57. The maximum absolute atomic E-state index is 12.1. The first-order chi connectivity index (χ1) is 13.7. The maximum Gasteiger partial charge on any atom is 0.230 e. The molecule has 0 atom stereocenters. The highest BCUT2D eigenvalue weighted by Crippen LogP contribution is 2.14. The van der Waals surface area contributed by atoms with Gasteiger partial charge in [0.1, 0.15) is 6.61 Å². The number of carbonyl (C=O) groups excluding carboxylic acids is 1. The first-order valence-corrected chi connectivity index (χ1v) is 10.4. The van der Waals surface area contributed by atoms with Gasteiger partial charge in [0.2, 0.25) is 11.8 Å². The van der Waals surface area contributed by atoms with Crippen LogP contribution in [0.1, 0.15) is 22.3 Å². The smallest absolute Gasteiger partial charge is 0.230 e. The van der Waals surface area contributed by atoms with Crippen molar-refractivity contribution in [1.29, 1.82) is 0 Å². The third-order valence-electron chi connectivity index (χ3n) is 4.14. The van der Waals surface area contributed by atoms with Crippen molar-refractivity contribution in [3.05, 3.63) is 95.2 Å². The zero-order valence-electron chi connectivity index (χ0n) is 15.9. The van der Waals surface area contributed by atoms with E-state index in [9.17, 15) is 4.79 Å². The Balaban J connectivity index is 1.40. The van der Waals surface area contributed by atoms with Gasteiger partial charge in [-0.25, -0.2) is 4.98 Å². The topological polar surface area (TPSA) is 51.2 Å². The third kappa shape index (κ3) is 6.74. The predicted octanol–water partition coefficient (Wildman–Crippen LogP) is 4.52. The fraction of sp³-hybridized carbons (Fsp3) is 0.217. The number of ether oxygens (including phenoxy) is 1. The number of pyridine rings is 1. The number of hydrogen-bond donors (Lipinski definition) is 1. The first-order valence-electron chi connectivity index (χ1n) is 9.21. The molecule has 0 aliphatic heterocycles. The minimum Gasteiger partial charge on any atom is -0.473 e. The van der Waals surface area contributed by atoms with Crippen LogP contribution >= 0.6 is 11.8 Å². The number of nitrogens with one attached hydrogen (secondary N) is 1. The van der Waals surface area contributed by atoms with Crippen molar-refractivity contribution >= 4 is 17.7 Å². The van der Waals surface area contributed by atoms with Crippen molar-refractivity contribution in [2.45, 2.75) is 25.8 Å². The summed E-state index contributed by atoms with van der Waals surface area (Å²) in [6, 6.07) is 22.1. The summed E-state index contributed by atoms with van der Waals surface area (Å²) in [7, 11) is 0. The summed E-state index contributed by atoms with van der Waals surface area (Å²) in [6.07, 6.45) is 1.70. The van der Waals surface area contributed by atoms with Gasteiger partial charge in [-0.15, -0.1) is 11.8 Å². The lowest BCUT2D eigenvalue weighted by Gasteiger charge is -2.08. The molecule has 0 saturated heterocycles. The number of thioether (sulfide) groups is 1. The molecule has 2 aromatic carbocycles. The molecular weight excluding hydrogens is 368 g/mol. The van der Waals surface area contributed by atoms with Gasteiger partial charge in [-0.3, -0.25) is 4.79 Å². The van der Waals surface area contributed by atoms with Gasteiger partial charge in [0, 0.05) is 24.6 Å². The van der Waals surface area contributed by atoms with E-state index in [1.165, 1.54) is 11.1 Å². The van der Waals surface area contributed by atoms with E-state index in [1.54, 1.807) is 18.0 Å². The Bertz CT molecular complexity index is 883. The predicted molar refractivity (Wildman–Crippen MR) is 114 cm³/mol. The highest BCUT2D eigenvalue weighted by atomic mass is 32.2. The monoisotopic (exact) mass is 392 g/mol. The Morgan fingerprint density at radius 2 is 1.79 bits per heavy atom. The Kier molecular flexibility index (Phi) is 7.50. The van der Waals surface area contributed by atoms with Crippen LogP contribution in [0.25, 0.3) is 0 Å². The molecular formula is C23H24N2O2S. The summed E-state index contributed by atoms with van der Waals surface area (Å²) in [4.78, 5) is 16.3. The van der Waals surface area contributed by atoms with Gasteiger partial charge in [0.25, 0.3) is 0 Å². The van der Waals surface area contributed by atoms with Crippen LogP contribution in [0.4, 0.5) is 0 Å². The van der Waals surface area contributed by atoms with E-state index in [0.717, 1.165) is 16.9 Å². The highest BCUT2D eigenvalue weighted by molar-refractivity contribution is 7.99. The van der Waals surface area contributed by atoms with E-state index in [2.05, 4.69) is 41.5 Å². The molecule has 1 amide bonds. The van der Waals surface area contributed by atoms with E-state index in [0.29, 0.717) is 24.8 Å². The minimum absolute atomic E-state index is 0.0284. The van der Waals surface area contributed by atoms with Gasteiger partial charge in [-0.2, -0.15) is 0 Å². The number of amides is 1. The molecule has 0 aliphatic rings. The van der Waals surface area contributed by atoms with Crippen LogP contribution < -0.4 is 10.1 Å². The van der Waals surface area contributed by atoms with Crippen LogP contribution in [0, 0.1) is 6.92 Å². The third-order valence-corrected chi connectivity index (χ3v) is 5.14. The fourth-order valence-corrected chi connectivity index (χ4v) is 3.39. The zero-order valence-corrected chi connectivity index (χ0v) is 16.7. The average Bonchev–Trinajstić information content (AvgIpc) is 2.73. The summed E-state index contributed by atoms with van der Waals surface area (Å²) in [5.74, 6) is 1.86. The molecule has 0 radical (unpaired) electrons. The van der Waals surface area contributed by atoms with Crippen molar-refractivity contribution in [3.63, 3.8) is 0 Å². The molecule has 1 aromatic heterocycles. The molecule has 3 rings (SSSR count). The van der Waals surface area contributed by atoms with E-state index >= 15 is 0 Å². The largest absolute Gasteiger partial charge is 0.473 e. The second-order valence-corrected chi connectivity index (χ2v) is 7.52. The Morgan fingerprint density at radius 3 is 2.57 bits per heavy atom. The molecule has 5 heteroatoms. The minimum atomic E-state index is 0.0284. The second kappa shape index (κ2) is 10.5. The maximum atomic E-state index is 12.1. The van der Waals surface area contributed by atoms with E-state index in [-0.39, 0.29) is 5.91 Å². The molecule has 0 unspecified atom stereocenters. The molecule has 0 fully saturated rings. The van der Waals surface area contributed by atoms with Crippen molar-refractivity contribution in [2.75, 3.05) is 5.75 Å². The summed E-state index contributed by atoms with van der Waals surface area (Å²) in [5.41, 5.74) is 4.54. The molecule has 0 bridgehead atoms. The second-order valence-electron chi connectivity index (χ2n) is 6.53. The van der Waals surface area contributed by atoms with Gasteiger partial charge in [0.05, 0.1) is 5.75 Å². The van der Waals surface area contributed by atoms with Crippen LogP contribution in [-0.4, -0.2) is 16.6 Å². The molecule has 1 heterocycles. The number of nitrogens with zero attached hydrogens (tertiary/aromatic N) is 1. The number of rotatable bonds is 9. The number of benzene rings is 2. The molecule has 0 saturated carbocycles. The van der Waals surface area contributed by atoms with Gasteiger partial charge in [-0.1, -0.05) is 60.2 Å². The normalized spacial score (nSPS) is 10.5. The number of aromatic nitrogens is 1. The summed E-state index contributed by atoms with van der Waals surface area (Å²) in [6.45, 7) is 3.01. The number of carbonyl (C=O) groups is 1. The van der Waals surface area contributed by atoms with Crippen molar-refractivity contribution < 1.29 is 9.53 Å². The molecule has 1 N–H and O–H groups in total. The SMILES string of the molecule is Cc1ccc(CSCC(=O)NCc2ccnc(OCc3ccccc3)c2)cc1. The van der Waals surface area contributed by atoms with Gasteiger partial charge >= 0.3 is 0 Å². The summed E-state index contributed by atoms with van der Waals surface area (Å²) in [5, 5.41) is 2.95. The van der Waals surface area contributed by atoms with Gasteiger partial charge in [-0.05, 0) is 29.7 Å². The van der Waals surface area contributed by atoms with Gasteiger partial charge in [0.15, 0.2) is 0 Å². The first kappa shape index (κ1) is 20.0. The molecule has 0 spiro atoms. The quantitative estimate of drug-likeness (QED) is 0.582.